The molecule has 0 radical (unpaired) electrons. The maximum Gasteiger partial charge on any atom is 0.420 e. The number of hydrogen-bond donors (Lipinski definition) is 1. The molecule has 2 aromatic rings. The van der Waals surface area contributed by atoms with E-state index in [1.165, 1.54) is 0 Å². The molecule has 0 fully saturated rings. The van der Waals surface area contributed by atoms with Gasteiger partial charge in [-0.3, -0.25) is 4.79 Å². The van der Waals surface area contributed by atoms with Crippen LogP contribution in [0.25, 0.3) is 0 Å². The first-order valence-electron chi connectivity index (χ1n) is 6.58. The van der Waals surface area contributed by atoms with Crippen molar-refractivity contribution in [1.82, 2.24) is 9.97 Å². The zero-order valence-corrected chi connectivity index (χ0v) is 12.1. The van der Waals surface area contributed by atoms with E-state index in [4.69, 9.17) is 5.73 Å². The van der Waals surface area contributed by atoms with Gasteiger partial charge in [0.1, 0.15) is 17.6 Å². The summed E-state index contributed by atoms with van der Waals surface area (Å²) in [5.74, 6) is 3.88. The molecule has 118 valence electrons. The number of carbonyl (C=O) groups is 1. The van der Waals surface area contributed by atoms with Gasteiger partial charge in [-0.2, -0.15) is 13.2 Å². The summed E-state index contributed by atoms with van der Waals surface area (Å²) in [5, 5.41) is 0. The van der Waals surface area contributed by atoms with Gasteiger partial charge in [-0.05, 0) is 24.5 Å². The number of aromatic nitrogens is 2. The van der Waals surface area contributed by atoms with Gasteiger partial charge in [0, 0.05) is 11.8 Å². The second kappa shape index (κ2) is 6.48. The maximum absolute atomic E-state index is 12.9. The SMILES string of the molecule is CC(C(N)=O)c1ccccc1C#Cc1ncncc1C(F)(F)F. The van der Waals surface area contributed by atoms with Gasteiger partial charge >= 0.3 is 6.18 Å². The molecule has 0 aliphatic carbocycles. The molecule has 0 bridgehead atoms. The lowest BCUT2D eigenvalue weighted by Gasteiger charge is -2.10. The molecular formula is C16H12F3N3O. The Bertz CT molecular complexity index is 791. The van der Waals surface area contributed by atoms with Crippen molar-refractivity contribution in [2.24, 2.45) is 5.73 Å². The van der Waals surface area contributed by atoms with Gasteiger partial charge in [-0.25, -0.2) is 9.97 Å². The maximum atomic E-state index is 12.9. The number of benzene rings is 1. The average molecular weight is 319 g/mol. The van der Waals surface area contributed by atoms with Gasteiger partial charge in [0.25, 0.3) is 0 Å². The van der Waals surface area contributed by atoms with Crippen molar-refractivity contribution in [3.05, 3.63) is 59.2 Å². The zero-order valence-electron chi connectivity index (χ0n) is 12.1. The van der Waals surface area contributed by atoms with Crippen molar-refractivity contribution in [2.75, 3.05) is 0 Å². The minimum atomic E-state index is -4.59. The summed E-state index contributed by atoms with van der Waals surface area (Å²) in [7, 11) is 0. The van der Waals surface area contributed by atoms with Gasteiger partial charge in [0.15, 0.2) is 0 Å². The first-order chi connectivity index (χ1) is 10.8. The molecule has 1 atom stereocenters. The highest BCUT2D eigenvalue weighted by molar-refractivity contribution is 5.82. The Morgan fingerprint density at radius 1 is 1.26 bits per heavy atom. The topological polar surface area (TPSA) is 68.9 Å². The van der Waals surface area contributed by atoms with E-state index >= 15 is 0 Å². The van der Waals surface area contributed by atoms with Gasteiger partial charge < -0.3 is 5.73 Å². The summed E-state index contributed by atoms with van der Waals surface area (Å²) in [6.45, 7) is 1.61. The Morgan fingerprint density at radius 2 is 1.96 bits per heavy atom. The van der Waals surface area contributed by atoms with Crippen LogP contribution < -0.4 is 5.73 Å². The molecule has 1 amide bonds. The Hall–Kier alpha value is -2.88. The predicted molar refractivity (Wildman–Crippen MR) is 77.1 cm³/mol. The van der Waals surface area contributed by atoms with Gasteiger partial charge in [0.2, 0.25) is 5.91 Å². The van der Waals surface area contributed by atoms with Crippen LogP contribution in [0.15, 0.2) is 36.8 Å². The molecular weight excluding hydrogens is 307 g/mol. The van der Waals surface area contributed by atoms with E-state index in [9.17, 15) is 18.0 Å². The minimum absolute atomic E-state index is 0.422. The average Bonchev–Trinajstić information content (AvgIpc) is 2.51. The number of alkyl halides is 3. The predicted octanol–water partition coefficient (Wildman–Crippen LogP) is 2.48. The largest absolute Gasteiger partial charge is 0.420 e. The molecule has 1 unspecified atom stereocenters. The van der Waals surface area contributed by atoms with Crippen LogP contribution in [-0.2, 0) is 11.0 Å². The van der Waals surface area contributed by atoms with Crippen molar-refractivity contribution in [3.63, 3.8) is 0 Å². The lowest BCUT2D eigenvalue weighted by molar-refractivity contribution is -0.138. The minimum Gasteiger partial charge on any atom is -0.369 e. The second-order valence-electron chi connectivity index (χ2n) is 4.74. The van der Waals surface area contributed by atoms with Gasteiger partial charge in [-0.1, -0.05) is 24.1 Å². The molecule has 2 rings (SSSR count). The summed E-state index contributed by atoms with van der Waals surface area (Å²) in [6.07, 6.45) is -2.92. The van der Waals surface area contributed by atoms with Crippen LogP contribution in [0.5, 0.6) is 0 Å². The smallest absolute Gasteiger partial charge is 0.369 e. The quantitative estimate of drug-likeness (QED) is 0.865. The number of nitrogens with zero attached hydrogens (tertiary/aromatic N) is 2. The summed E-state index contributed by atoms with van der Waals surface area (Å²) >= 11 is 0. The van der Waals surface area contributed by atoms with Crippen LogP contribution in [-0.4, -0.2) is 15.9 Å². The van der Waals surface area contributed by atoms with E-state index in [1.54, 1.807) is 31.2 Å². The first-order valence-corrected chi connectivity index (χ1v) is 6.58. The molecule has 1 aromatic carbocycles. The van der Waals surface area contributed by atoms with E-state index < -0.39 is 29.3 Å². The molecule has 0 saturated carbocycles. The third-order valence-corrected chi connectivity index (χ3v) is 3.19. The lowest BCUT2D eigenvalue weighted by atomic mass is 9.95. The number of halogens is 3. The fourth-order valence-corrected chi connectivity index (χ4v) is 1.90. The van der Waals surface area contributed by atoms with E-state index in [0.29, 0.717) is 17.3 Å². The van der Waals surface area contributed by atoms with E-state index in [0.717, 1.165) is 6.33 Å². The Balaban J connectivity index is 2.48. The fraction of sp³-hybridized carbons (Fsp3) is 0.188. The molecule has 0 aliphatic rings. The van der Waals surface area contributed by atoms with Crippen molar-refractivity contribution in [3.8, 4) is 11.8 Å². The summed E-state index contributed by atoms with van der Waals surface area (Å²) in [5.41, 5.74) is 4.81. The molecule has 1 heterocycles. The molecule has 23 heavy (non-hydrogen) atoms. The molecule has 1 aromatic heterocycles. The third kappa shape index (κ3) is 3.86. The van der Waals surface area contributed by atoms with Crippen LogP contribution >= 0.6 is 0 Å². The van der Waals surface area contributed by atoms with E-state index in [2.05, 4.69) is 21.8 Å². The van der Waals surface area contributed by atoms with E-state index in [-0.39, 0.29) is 0 Å². The zero-order chi connectivity index (χ0) is 17.0. The first kappa shape index (κ1) is 16.5. The highest BCUT2D eigenvalue weighted by Gasteiger charge is 2.34. The molecule has 2 N–H and O–H groups in total. The summed E-state index contributed by atoms with van der Waals surface area (Å²) in [6, 6.07) is 6.64. The Morgan fingerprint density at radius 3 is 2.61 bits per heavy atom. The van der Waals surface area contributed by atoms with Gasteiger partial charge in [0.05, 0.1) is 5.92 Å². The number of hydrogen-bond acceptors (Lipinski definition) is 3. The summed E-state index contributed by atoms with van der Waals surface area (Å²) < 4.78 is 38.6. The number of carbonyl (C=O) groups excluding carboxylic acids is 1. The molecule has 4 nitrogen and oxygen atoms in total. The highest BCUT2D eigenvalue weighted by atomic mass is 19.4. The monoisotopic (exact) mass is 319 g/mol. The number of nitrogens with two attached hydrogens (primary N) is 1. The molecule has 7 heteroatoms. The van der Waals surface area contributed by atoms with Crippen LogP contribution in [0.3, 0.4) is 0 Å². The second-order valence-corrected chi connectivity index (χ2v) is 4.74. The highest BCUT2D eigenvalue weighted by Crippen LogP contribution is 2.30. The van der Waals surface area contributed by atoms with Gasteiger partial charge in [-0.15, -0.1) is 0 Å². The number of primary amides is 1. The molecule has 0 saturated heterocycles. The van der Waals surface area contributed by atoms with Crippen molar-refractivity contribution in [1.29, 1.82) is 0 Å². The molecule has 0 aliphatic heterocycles. The number of rotatable bonds is 2. The van der Waals surface area contributed by atoms with Crippen molar-refractivity contribution in [2.45, 2.75) is 19.0 Å². The van der Waals surface area contributed by atoms with E-state index in [1.807, 2.05) is 0 Å². The number of amides is 1. The standard InChI is InChI=1S/C16H12F3N3O/c1-10(15(20)23)12-5-3-2-4-11(12)6-7-14-13(16(17,18)19)8-21-9-22-14/h2-5,8-10H,1H3,(H2,20,23). The van der Waals surface area contributed by atoms with Crippen molar-refractivity contribution >= 4 is 5.91 Å². The van der Waals surface area contributed by atoms with Crippen molar-refractivity contribution < 1.29 is 18.0 Å². The lowest BCUT2D eigenvalue weighted by Crippen LogP contribution is -2.19. The fourth-order valence-electron chi connectivity index (χ4n) is 1.90. The molecule has 0 spiro atoms. The van der Waals surface area contributed by atoms with Crippen LogP contribution in [0.2, 0.25) is 0 Å². The third-order valence-electron chi connectivity index (χ3n) is 3.19. The van der Waals surface area contributed by atoms with Crippen LogP contribution in [0, 0.1) is 11.8 Å². The van der Waals surface area contributed by atoms with Crippen LogP contribution in [0.1, 0.15) is 35.2 Å². The Kier molecular flexibility index (Phi) is 4.65. The normalized spacial score (nSPS) is 12.2. The summed E-state index contributed by atoms with van der Waals surface area (Å²) in [4.78, 5) is 18.3. The van der Waals surface area contributed by atoms with Crippen LogP contribution in [0.4, 0.5) is 13.2 Å². The Labute approximate surface area is 130 Å².